The van der Waals surface area contributed by atoms with Gasteiger partial charge >= 0.3 is 0 Å². The van der Waals surface area contributed by atoms with Crippen LogP contribution in [0.15, 0.2) is 65.1 Å². The van der Waals surface area contributed by atoms with Gasteiger partial charge in [-0.2, -0.15) is 0 Å². The fourth-order valence-electron chi connectivity index (χ4n) is 2.66. The van der Waals surface area contributed by atoms with Crippen LogP contribution in [0.1, 0.15) is 33.0 Å². The smallest absolute Gasteiger partial charge is 0.287 e. The summed E-state index contributed by atoms with van der Waals surface area (Å²) >= 11 is 0. The summed E-state index contributed by atoms with van der Waals surface area (Å²) in [4.78, 5) is 12.2. The van der Waals surface area contributed by atoms with Crippen LogP contribution in [0.5, 0.6) is 0 Å². The molecule has 3 aromatic rings. The van der Waals surface area contributed by atoms with Crippen molar-refractivity contribution in [3.63, 3.8) is 0 Å². The monoisotopic (exact) mass is 401 g/mol. The first kappa shape index (κ1) is 19.8. The molecule has 2 aromatic carbocycles. The highest BCUT2D eigenvalue weighted by molar-refractivity contribution is 7.89. The Morgan fingerprint density at radius 2 is 1.57 bits per heavy atom. The molecule has 0 aliphatic carbocycles. The van der Waals surface area contributed by atoms with E-state index in [9.17, 15) is 17.6 Å². The van der Waals surface area contributed by atoms with Crippen molar-refractivity contribution in [1.82, 2.24) is 5.32 Å². The molecule has 0 radical (unpaired) electrons. The second-order valence-electron chi connectivity index (χ2n) is 6.59. The Balaban J connectivity index is 1.58. The average Bonchev–Trinajstić information content (AvgIpc) is 3.10. The van der Waals surface area contributed by atoms with E-state index in [2.05, 4.69) is 5.32 Å². The number of hydrogen-bond donors (Lipinski definition) is 1. The van der Waals surface area contributed by atoms with Crippen LogP contribution in [-0.2, 0) is 27.9 Å². The van der Waals surface area contributed by atoms with Gasteiger partial charge in [-0.25, -0.2) is 12.8 Å². The van der Waals surface area contributed by atoms with Crippen molar-refractivity contribution in [2.45, 2.75) is 25.0 Å². The van der Waals surface area contributed by atoms with Gasteiger partial charge in [-0.1, -0.05) is 42.0 Å². The zero-order valence-corrected chi connectivity index (χ0v) is 16.1. The fourth-order valence-corrected chi connectivity index (χ4v) is 4.05. The van der Waals surface area contributed by atoms with E-state index in [-0.39, 0.29) is 35.4 Å². The zero-order valence-electron chi connectivity index (χ0n) is 15.3. The second-order valence-corrected chi connectivity index (χ2v) is 8.66. The Labute approximate surface area is 163 Å². The molecule has 0 saturated heterocycles. The lowest BCUT2D eigenvalue weighted by Crippen LogP contribution is -2.22. The summed E-state index contributed by atoms with van der Waals surface area (Å²) in [5.74, 6) is -0.961. The number of carbonyl (C=O) groups excluding carboxylic acids is 1. The molecule has 1 aromatic heterocycles. The van der Waals surface area contributed by atoms with Crippen LogP contribution in [0.25, 0.3) is 0 Å². The summed E-state index contributed by atoms with van der Waals surface area (Å²) in [5.41, 5.74) is 2.50. The molecular weight excluding hydrogens is 381 g/mol. The number of rotatable bonds is 7. The van der Waals surface area contributed by atoms with Gasteiger partial charge in [0, 0.05) is 6.54 Å². The summed E-state index contributed by atoms with van der Waals surface area (Å²) in [6.45, 7) is 2.14. The minimum absolute atomic E-state index is 0.0302. The topological polar surface area (TPSA) is 76.4 Å². The maximum Gasteiger partial charge on any atom is 0.287 e. The third-order valence-electron chi connectivity index (χ3n) is 4.12. The highest BCUT2D eigenvalue weighted by Gasteiger charge is 2.18. The minimum atomic E-state index is -3.43. The van der Waals surface area contributed by atoms with Gasteiger partial charge in [0.05, 0.1) is 5.75 Å². The zero-order chi connectivity index (χ0) is 20.1. The first-order valence-electron chi connectivity index (χ1n) is 8.68. The number of benzene rings is 2. The first-order valence-corrected chi connectivity index (χ1v) is 10.5. The van der Waals surface area contributed by atoms with E-state index in [4.69, 9.17) is 4.42 Å². The first-order chi connectivity index (χ1) is 13.3. The van der Waals surface area contributed by atoms with Crippen LogP contribution in [0, 0.1) is 12.7 Å². The molecule has 5 nitrogen and oxygen atoms in total. The van der Waals surface area contributed by atoms with E-state index in [0.717, 1.165) is 11.1 Å². The molecule has 0 aliphatic rings. The third kappa shape index (κ3) is 5.53. The van der Waals surface area contributed by atoms with Crippen LogP contribution in [0.4, 0.5) is 4.39 Å². The van der Waals surface area contributed by atoms with Crippen molar-refractivity contribution in [3.8, 4) is 0 Å². The van der Waals surface area contributed by atoms with Gasteiger partial charge in [-0.05, 0) is 42.3 Å². The molecule has 3 rings (SSSR count). The summed E-state index contributed by atoms with van der Waals surface area (Å²) in [6, 6.07) is 16.0. The van der Waals surface area contributed by atoms with Gasteiger partial charge in [-0.3, -0.25) is 4.79 Å². The van der Waals surface area contributed by atoms with Gasteiger partial charge < -0.3 is 9.73 Å². The number of sulfone groups is 1. The lowest BCUT2D eigenvalue weighted by molar-refractivity contribution is 0.0921. The van der Waals surface area contributed by atoms with E-state index in [1.807, 2.05) is 19.1 Å². The maximum atomic E-state index is 12.9. The maximum absolute atomic E-state index is 12.9. The molecule has 1 amide bonds. The summed E-state index contributed by atoms with van der Waals surface area (Å²) in [7, 11) is -3.43. The van der Waals surface area contributed by atoms with Gasteiger partial charge in [0.2, 0.25) is 0 Å². The lowest BCUT2D eigenvalue weighted by Gasteiger charge is -2.04. The Hall–Kier alpha value is -2.93. The van der Waals surface area contributed by atoms with Crippen molar-refractivity contribution in [3.05, 3.63) is 94.7 Å². The number of amides is 1. The minimum Gasteiger partial charge on any atom is -0.455 e. The number of aryl methyl sites for hydroxylation is 1. The van der Waals surface area contributed by atoms with Gasteiger partial charge in [0.15, 0.2) is 15.6 Å². The van der Waals surface area contributed by atoms with Gasteiger partial charge in [-0.15, -0.1) is 0 Å². The number of halogens is 1. The Morgan fingerprint density at radius 1 is 0.929 bits per heavy atom. The van der Waals surface area contributed by atoms with Crippen molar-refractivity contribution in [2.24, 2.45) is 0 Å². The standard InChI is InChI=1S/C21H20FNO4S/c1-15-2-4-17(5-3-15)13-28(25,26)14-19-10-11-20(27-19)21(24)23-12-16-6-8-18(22)9-7-16/h2-11H,12-14H2,1H3,(H,23,24). The molecule has 0 saturated carbocycles. The van der Waals surface area contributed by atoms with Crippen LogP contribution in [-0.4, -0.2) is 14.3 Å². The Kier molecular flexibility index (Phi) is 5.94. The molecule has 28 heavy (non-hydrogen) atoms. The summed E-state index contributed by atoms with van der Waals surface area (Å²) < 4.78 is 43.0. The van der Waals surface area contributed by atoms with Gasteiger partial charge in [0.1, 0.15) is 17.3 Å². The van der Waals surface area contributed by atoms with E-state index in [1.165, 1.54) is 24.3 Å². The van der Waals surface area contributed by atoms with Crippen LogP contribution in [0.2, 0.25) is 0 Å². The van der Waals surface area contributed by atoms with Gasteiger partial charge in [0.25, 0.3) is 5.91 Å². The molecule has 0 spiro atoms. The van der Waals surface area contributed by atoms with Crippen LogP contribution in [0.3, 0.4) is 0 Å². The molecule has 1 N–H and O–H groups in total. The molecule has 1 heterocycles. The van der Waals surface area contributed by atoms with E-state index >= 15 is 0 Å². The Morgan fingerprint density at radius 3 is 2.25 bits per heavy atom. The van der Waals surface area contributed by atoms with Crippen molar-refractivity contribution >= 4 is 15.7 Å². The van der Waals surface area contributed by atoms with E-state index in [1.54, 1.807) is 24.3 Å². The SMILES string of the molecule is Cc1ccc(CS(=O)(=O)Cc2ccc(C(=O)NCc3ccc(F)cc3)o2)cc1. The second kappa shape index (κ2) is 8.39. The predicted octanol–water partition coefficient (Wildman–Crippen LogP) is 3.77. The summed E-state index contributed by atoms with van der Waals surface area (Å²) in [6.07, 6.45) is 0. The molecule has 7 heteroatoms. The third-order valence-corrected chi connectivity index (χ3v) is 5.62. The van der Waals surface area contributed by atoms with Crippen molar-refractivity contribution < 1.29 is 22.0 Å². The average molecular weight is 401 g/mol. The fraction of sp³-hybridized carbons (Fsp3) is 0.190. The highest BCUT2D eigenvalue weighted by atomic mass is 32.2. The normalized spacial score (nSPS) is 11.4. The lowest BCUT2D eigenvalue weighted by atomic mass is 10.2. The molecule has 0 bridgehead atoms. The van der Waals surface area contributed by atoms with Crippen molar-refractivity contribution in [2.75, 3.05) is 0 Å². The highest BCUT2D eigenvalue weighted by Crippen LogP contribution is 2.16. The largest absolute Gasteiger partial charge is 0.455 e. The van der Waals surface area contributed by atoms with Crippen molar-refractivity contribution in [1.29, 1.82) is 0 Å². The van der Waals surface area contributed by atoms with Crippen LogP contribution < -0.4 is 5.32 Å². The number of furan rings is 1. The number of hydrogen-bond acceptors (Lipinski definition) is 4. The summed E-state index contributed by atoms with van der Waals surface area (Å²) in [5, 5.41) is 2.65. The molecular formula is C21H20FNO4S. The van der Waals surface area contributed by atoms with E-state index in [0.29, 0.717) is 5.56 Å². The Bertz CT molecular complexity index is 1050. The van der Waals surface area contributed by atoms with Crippen LogP contribution >= 0.6 is 0 Å². The predicted molar refractivity (Wildman–Crippen MR) is 104 cm³/mol. The molecule has 146 valence electrons. The van der Waals surface area contributed by atoms with E-state index < -0.39 is 15.7 Å². The number of carbonyl (C=O) groups is 1. The quantitative estimate of drug-likeness (QED) is 0.654. The molecule has 0 atom stereocenters. The molecule has 0 aliphatic heterocycles. The molecule has 0 unspecified atom stereocenters. The number of nitrogens with one attached hydrogen (secondary N) is 1. The molecule has 0 fully saturated rings.